The van der Waals surface area contributed by atoms with Crippen LogP contribution in [0.1, 0.15) is 5.56 Å². The van der Waals surface area contributed by atoms with E-state index in [2.05, 4.69) is 5.32 Å². The van der Waals surface area contributed by atoms with Gasteiger partial charge in [0.25, 0.3) is 5.91 Å². The number of hydrogen-bond donors (Lipinski definition) is 1. The lowest BCUT2D eigenvalue weighted by atomic mass is 10.1. The number of alkyl halides is 3. The fourth-order valence-corrected chi connectivity index (χ4v) is 3.11. The zero-order valence-corrected chi connectivity index (χ0v) is 15.8. The van der Waals surface area contributed by atoms with Crippen LogP contribution in [0.3, 0.4) is 0 Å². The Balaban J connectivity index is 1.66. The molecule has 0 radical (unpaired) electrons. The fraction of sp³-hybridized carbons (Fsp3) is 0.238. The van der Waals surface area contributed by atoms with Gasteiger partial charge in [-0.2, -0.15) is 18.4 Å². The molecule has 1 heterocycles. The molecule has 1 saturated heterocycles. The summed E-state index contributed by atoms with van der Waals surface area (Å²) in [5.41, 5.74) is -0.815. The first-order chi connectivity index (χ1) is 14.3. The first-order valence-electron chi connectivity index (χ1n) is 9.12. The number of amides is 1. The first-order valence-corrected chi connectivity index (χ1v) is 9.12. The maximum Gasteiger partial charge on any atom is 0.418 e. The highest BCUT2D eigenvalue weighted by atomic mass is 19.4. The van der Waals surface area contributed by atoms with Crippen molar-refractivity contribution in [1.82, 2.24) is 4.90 Å². The average Bonchev–Trinajstić information content (AvgIpc) is 2.72. The Kier molecular flexibility index (Phi) is 6.26. The Labute approximate surface area is 170 Å². The van der Waals surface area contributed by atoms with E-state index in [4.69, 9.17) is 0 Å². The number of anilines is 2. The van der Waals surface area contributed by atoms with Gasteiger partial charge in [-0.25, -0.2) is 4.39 Å². The second kappa shape index (κ2) is 8.86. The van der Waals surface area contributed by atoms with Crippen molar-refractivity contribution in [3.05, 3.63) is 71.7 Å². The number of nitrogens with zero attached hydrogens (tertiary/aromatic N) is 3. The summed E-state index contributed by atoms with van der Waals surface area (Å²) < 4.78 is 52.3. The molecule has 2 aromatic carbocycles. The van der Waals surface area contributed by atoms with Crippen molar-refractivity contribution in [2.24, 2.45) is 0 Å². The lowest BCUT2D eigenvalue weighted by molar-refractivity contribution is -0.137. The van der Waals surface area contributed by atoms with Gasteiger partial charge in [-0.15, -0.1) is 0 Å². The van der Waals surface area contributed by atoms with Gasteiger partial charge in [-0.1, -0.05) is 12.1 Å². The van der Waals surface area contributed by atoms with Gasteiger partial charge in [0.2, 0.25) is 0 Å². The number of nitriles is 1. The molecule has 1 N–H and O–H groups in total. The van der Waals surface area contributed by atoms with Crippen LogP contribution in [0.2, 0.25) is 0 Å². The monoisotopic (exact) mass is 418 g/mol. The molecule has 3 rings (SSSR count). The van der Waals surface area contributed by atoms with E-state index in [1.165, 1.54) is 30.5 Å². The van der Waals surface area contributed by atoms with Crippen LogP contribution in [0.15, 0.2) is 60.3 Å². The lowest BCUT2D eigenvalue weighted by Crippen LogP contribution is -2.44. The number of carbonyl (C=O) groups excluding carboxylic acids is 1. The smallest absolute Gasteiger partial charge is 0.373 e. The van der Waals surface area contributed by atoms with Crippen LogP contribution in [0.25, 0.3) is 0 Å². The summed E-state index contributed by atoms with van der Waals surface area (Å²) in [5.74, 6) is -1.23. The summed E-state index contributed by atoms with van der Waals surface area (Å²) in [7, 11) is 0. The quantitative estimate of drug-likeness (QED) is 0.463. The molecule has 0 unspecified atom stereocenters. The third-order valence-corrected chi connectivity index (χ3v) is 4.66. The van der Waals surface area contributed by atoms with E-state index in [1.54, 1.807) is 23.1 Å². The predicted molar refractivity (Wildman–Crippen MR) is 104 cm³/mol. The Morgan fingerprint density at radius 1 is 1.03 bits per heavy atom. The molecule has 1 amide bonds. The number of hydrogen-bond acceptors (Lipinski definition) is 4. The zero-order valence-electron chi connectivity index (χ0n) is 15.8. The maximum atomic E-state index is 13.1. The molecule has 0 bridgehead atoms. The van der Waals surface area contributed by atoms with Crippen molar-refractivity contribution in [2.45, 2.75) is 6.18 Å². The zero-order chi connectivity index (χ0) is 21.7. The molecule has 5 nitrogen and oxygen atoms in total. The number of carbonyl (C=O) groups is 1. The summed E-state index contributed by atoms with van der Waals surface area (Å²) in [4.78, 5) is 16.2. The minimum absolute atomic E-state index is 0.290. The number of benzene rings is 2. The number of para-hydroxylation sites is 1. The number of nitrogens with one attached hydrogen (secondary N) is 1. The van der Waals surface area contributed by atoms with Crippen LogP contribution < -0.4 is 10.2 Å². The fourth-order valence-electron chi connectivity index (χ4n) is 3.11. The molecular formula is C21H18F4N4O. The van der Waals surface area contributed by atoms with Crippen molar-refractivity contribution in [3.8, 4) is 6.07 Å². The molecule has 1 aliphatic heterocycles. The Morgan fingerprint density at radius 3 is 2.27 bits per heavy atom. The van der Waals surface area contributed by atoms with E-state index in [-0.39, 0.29) is 11.4 Å². The van der Waals surface area contributed by atoms with Crippen molar-refractivity contribution in [1.29, 1.82) is 5.26 Å². The summed E-state index contributed by atoms with van der Waals surface area (Å²) in [6.07, 6.45) is -3.27. The van der Waals surface area contributed by atoms with E-state index in [0.717, 1.165) is 17.8 Å². The third-order valence-electron chi connectivity index (χ3n) is 4.66. The van der Waals surface area contributed by atoms with E-state index < -0.39 is 23.3 Å². The number of halogens is 4. The summed E-state index contributed by atoms with van der Waals surface area (Å²) in [5, 5.41) is 11.5. The highest BCUT2D eigenvalue weighted by molar-refractivity contribution is 6.06. The van der Waals surface area contributed by atoms with E-state index in [9.17, 15) is 27.6 Å². The normalized spacial score (nSPS) is 15.0. The molecule has 1 aliphatic rings. The van der Waals surface area contributed by atoms with Crippen LogP contribution in [0.4, 0.5) is 28.9 Å². The van der Waals surface area contributed by atoms with Gasteiger partial charge >= 0.3 is 6.18 Å². The predicted octanol–water partition coefficient (Wildman–Crippen LogP) is 4.01. The van der Waals surface area contributed by atoms with Gasteiger partial charge in [-0.3, -0.25) is 4.79 Å². The summed E-state index contributed by atoms with van der Waals surface area (Å²) in [6.45, 7) is 2.16. The molecule has 30 heavy (non-hydrogen) atoms. The minimum Gasteiger partial charge on any atom is -0.373 e. The second-order valence-electron chi connectivity index (χ2n) is 6.65. The Morgan fingerprint density at radius 2 is 1.67 bits per heavy atom. The molecule has 0 saturated carbocycles. The van der Waals surface area contributed by atoms with E-state index in [1.807, 2.05) is 4.90 Å². The van der Waals surface area contributed by atoms with Crippen LogP contribution >= 0.6 is 0 Å². The highest BCUT2D eigenvalue weighted by Gasteiger charge is 2.33. The molecule has 9 heteroatoms. The van der Waals surface area contributed by atoms with Gasteiger partial charge in [-0.05, 0) is 36.4 Å². The molecule has 1 fully saturated rings. The van der Waals surface area contributed by atoms with Gasteiger partial charge in [0.05, 0.1) is 11.3 Å². The first kappa shape index (κ1) is 21.2. The minimum atomic E-state index is -4.63. The Hall–Kier alpha value is -3.54. The van der Waals surface area contributed by atoms with Crippen LogP contribution in [0, 0.1) is 17.1 Å². The number of rotatable bonds is 4. The van der Waals surface area contributed by atoms with Crippen LogP contribution in [0.5, 0.6) is 0 Å². The van der Waals surface area contributed by atoms with E-state index >= 15 is 0 Å². The van der Waals surface area contributed by atoms with Crippen molar-refractivity contribution in [3.63, 3.8) is 0 Å². The van der Waals surface area contributed by atoms with Crippen molar-refractivity contribution in [2.75, 3.05) is 36.4 Å². The largest absolute Gasteiger partial charge is 0.418 e. The summed E-state index contributed by atoms with van der Waals surface area (Å²) in [6, 6.07) is 12.4. The average molecular weight is 418 g/mol. The molecule has 2 aromatic rings. The maximum absolute atomic E-state index is 13.1. The molecule has 0 aliphatic carbocycles. The van der Waals surface area contributed by atoms with Gasteiger partial charge in [0.1, 0.15) is 17.5 Å². The molecule has 0 atom stereocenters. The molecule has 0 spiro atoms. The van der Waals surface area contributed by atoms with Gasteiger partial charge in [0, 0.05) is 38.1 Å². The van der Waals surface area contributed by atoms with Gasteiger partial charge < -0.3 is 15.1 Å². The van der Waals surface area contributed by atoms with Crippen LogP contribution in [-0.4, -0.2) is 37.0 Å². The Bertz CT molecular complexity index is 972. The van der Waals surface area contributed by atoms with E-state index in [0.29, 0.717) is 26.2 Å². The molecular weight excluding hydrogens is 400 g/mol. The van der Waals surface area contributed by atoms with Crippen LogP contribution in [-0.2, 0) is 11.0 Å². The SMILES string of the molecule is N#C/C(=C/N1CCN(c2ccc(F)cc2)CC1)C(=O)Nc1ccccc1C(F)(F)F. The highest BCUT2D eigenvalue weighted by Crippen LogP contribution is 2.34. The lowest BCUT2D eigenvalue weighted by Gasteiger charge is -2.35. The standard InChI is InChI=1S/C21H18F4N4O/c22-16-5-7-17(8-6-16)29-11-9-28(10-12-29)14-15(13-26)20(30)27-19-4-2-1-3-18(19)21(23,24)25/h1-8,14H,9-12H2,(H,27,30)/b15-14-. The van der Waals surface area contributed by atoms with Crippen molar-refractivity contribution >= 4 is 17.3 Å². The third kappa shape index (κ3) is 5.08. The molecule has 0 aromatic heterocycles. The second-order valence-corrected chi connectivity index (χ2v) is 6.65. The topological polar surface area (TPSA) is 59.4 Å². The summed E-state index contributed by atoms with van der Waals surface area (Å²) >= 11 is 0. The van der Waals surface area contributed by atoms with Crippen molar-refractivity contribution < 1.29 is 22.4 Å². The molecule has 156 valence electrons. The number of piperazine rings is 1. The van der Waals surface area contributed by atoms with Gasteiger partial charge in [0.15, 0.2) is 0 Å².